The maximum atomic E-state index is 13.3. The van der Waals surface area contributed by atoms with E-state index in [9.17, 15) is 18.8 Å². The zero-order valence-corrected chi connectivity index (χ0v) is 17.6. The highest BCUT2D eigenvalue weighted by atomic mass is 35.5. The Kier molecular flexibility index (Phi) is 11.8. The zero-order valence-electron chi connectivity index (χ0n) is 16.9. The lowest BCUT2D eigenvalue weighted by Crippen LogP contribution is -2.16. The standard InChI is InChI=1S/C15H9ClFN3O3.C3H8O.C2H6/c1-20-6-10(12(22)7-21)13(16)14(20)15(23)19-9-2-3-11(17)8(4-9)5-18;1-3-4-2;1-2/h2-4,6-7H,1H3,(H,19,23);3H2,1-2H3;1-2H3. The summed E-state index contributed by atoms with van der Waals surface area (Å²) in [4.78, 5) is 34.3. The van der Waals surface area contributed by atoms with Crippen molar-refractivity contribution in [3.8, 4) is 6.07 Å². The van der Waals surface area contributed by atoms with Crippen molar-refractivity contribution in [3.05, 3.63) is 52.1 Å². The number of ether oxygens (including phenoxy) is 1. The third-order valence-electron chi connectivity index (χ3n) is 3.34. The maximum Gasteiger partial charge on any atom is 0.273 e. The lowest BCUT2D eigenvalue weighted by molar-refractivity contribution is -0.104. The summed E-state index contributed by atoms with van der Waals surface area (Å²) in [5, 5.41) is 11.1. The van der Waals surface area contributed by atoms with Crippen LogP contribution < -0.4 is 5.32 Å². The van der Waals surface area contributed by atoms with Crippen molar-refractivity contribution in [2.45, 2.75) is 20.8 Å². The molecule has 156 valence electrons. The van der Waals surface area contributed by atoms with Gasteiger partial charge in [0.15, 0.2) is 6.29 Å². The molecule has 0 unspecified atom stereocenters. The molecule has 1 amide bonds. The highest BCUT2D eigenvalue weighted by Gasteiger charge is 2.22. The molecule has 0 saturated carbocycles. The van der Waals surface area contributed by atoms with Gasteiger partial charge in [0.25, 0.3) is 5.91 Å². The Morgan fingerprint density at radius 2 is 1.97 bits per heavy atom. The number of nitrogens with zero attached hydrogens (tertiary/aromatic N) is 2. The molecule has 0 radical (unpaired) electrons. The third-order valence-corrected chi connectivity index (χ3v) is 3.72. The Labute approximate surface area is 174 Å². The van der Waals surface area contributed by atoms with Crippen LogP contribution in [0.5, 0.6) is 0 Å². The molecule has 29 heavy (non-hydrogen) atoms. The van der Waals surface area contributed by atoms with Gasteiger partial charge in [0, 0.05) is 32.6 Å². The first kappa shape index (κ1) is 26.0. The van der Waals surface area contributed by atoms with Crippen molar-refractivity contribution in [2.75, 3.05) is 19.0 Å². The molecule has 0 spiro atoms. The van der Waals surface area contributed by atoms with Crippen LogP contribution in [0, 0.1) is 17.1 Å². The van der Waals surface area contributed by atoms with Crippen molar-refractivity contribution < 1.29 is 23.5 Å². The molecule has 0 atom stereocenters. The molecular formula is C20H23ClFN3O4. The normalized spacial score (nSPS) is 9.17. The van der Waals surface area contributed by atoms with Crippen molar-refractivity contribution >= 4 is 35.3 Å². The number of Topliss-reactive ketones (excluding diaryl/α,β-unsaturated/α-hetero) is 1. The van der Waals surface area contributed by atoms with Crippen LogP contribution in [0.3, 0.4) is 0 Å². The van der Waals surface area contributed by atoms with Gasteiger partial charge in [0.1, 0.15) is 17.6 Å². The summed E-state index contributed by atoms with van der Waals surface area (Å²) in [5.74, 6) is -2.22. The number of nitriles is 1. The number of carbonyl (C=O) groups excluding carboxylic acids is 3. The molecule has 0 aliphatic carbocycles. The molecule has 0 aliphatic heterocycles. The second-order valence-electron chi connectivity index (χ2n) is 5.14. The van der Waals surface area contributed by atoms with Gasteiger partial charge in [-0.1, -0.05) is 25.4 Å². The zero-order chi connectivity index (χ0) is 22.6. The molecule has 2 aromatic rings. The Morgan fingerprint density at radius 1 is 1.38 bits per heavy atom. The number of aromatic nitrogens is 1. The van der Waals surface area contributed by atoms with E-state index in [1.165, 1.54) is 29.9 Å². The number of benzene rings is 1. The second kappa shape index (κ2) is 13.2. The van der Waals surface area contributed by atoms with Crippen LogP contribution in [0.25, 0.3) is 0 Å². The maximum absolute atomic E-state index is 13.3. The Hall–Kier alpha value is -3.02. The number of amides is 1. The smallest absolute Gasteiger partial charge is 0.273 e. The van der Waals surface area contributed by atoms with E-state index >= 15 is 0 Å². The molecule has 0 aliphatic rings. The van der Waals surface area contributed by atoms with Gasteiger partial charge in [-0.2, -0.15) is 5.26 Å². The first-order valence-corrected chi connectivity index (χ1v) is 9.02. The SMILES string of the molecule is CC.CCOC.Cn1cc(C(=O)C=O)c(Cl)c1C(=O)Nc1ccc(F)c(C#N)c1. The molecule has 0 saturated heterocycles. The number of rotatable bonds is 5. The number of hydrogen-bond acceptors (Lipinski definition) is 5. The number of anilines is 1. The number of nitrogens with one attached hydrogen (secondary N) is 1. The van der Waals surface area contributed by atoms with Crippen LogP contribution in [-0.4, -0.2) is 36.3 Å². The van der Waals surface area contributed by atoms with Crippen LogP contribution in [0.15, 0.2) is 24.4 Å². The summed E-state index contributed by atoms with van der Waals surface area (Å²) in [6, 6.07) is 5.15. The van der Waals surface area contributed by atoms with Gasteiger partial charge in [-0.15, -0.1) is 0 Å². The Balaban J connectivity index is 0.00000116. The quantitative estimate of drug-likeness (QED) is 0.445. The third kappa shape index (κ3) is 7.14. The predicted molar refractivity (Wildman–Crippen MR) is 109 cm³/mol. The van der Waals surface area contributed by atoms with Crippen LogP contribution in [0.1, 0.15) is 47.2 Å². The van der Waals surface area contributed by atoms with Crippen molar-refractivity contribution in [1.29, 1.82) is 5.26 Å². The summed E-state index contributed by atoms with van der Waals surface area (Å²) in [7, 11) is 3.16. The highest BCUT2D eigenvalue weighted by Crippen LogP contribution is 2.24. The van der Waals surface area contributed by atoms with Crippen LogP contribution in [0.4, 0.5) is 10.1 Å². The summed E-state index contributed by atoms with van der Waals surface area (Å²) in [6.45, 7) is 6.78. The fraction of sp³-hybridized carbons (Fsp3) is 0.300. The van der Waals surface area contributed by atoms with Gasteiger partial charge in [0.2, 0.25) is 5.78 Å². The molecule has 1 aromatic heterocycles. The minimum atomic E-state index is -0.849. The Bertz CT molecular complexity index is 902. The highest BCUT2D eigenvalue weighted by molar-refractivity contribution is 6.43. The number of methoxy groups -OCH3 is 1. The number of hydrogen-bond donors (Lipinski definition) is 1. The van der Waals surface area contributed by atoms with Gasteiger partial charge in [-0.05, 0) is 25.1 Å². The van der Waals surface area contributed by atoms with E-state index in [1.807, 2.05) is 20.8 Å². The average Bonchev–Trinajstić information content (AvgIpc) is 3.04. The fourth-order valence-corrected chi connectivity index (χ4v) is 2.33. The van der Waals surface area contributed by atoms with Crippen molar-refractivity contribution in [3.63, 3.8) is 0 Å². The topological polar surface area (TPSA) is 101 Å². The molecule has 0 fully saturated rings. The predicted octanol–water partition coefficient (Wildman–Crippen LogP) is 4.00. The Morgan fingerprint density at radius 3 is 2.45 bits per heavy atom. The molecule has 7 nitrogen and oxygen atoms in total. The first-order valence-electron chi connectivity index (χ1n) is 8.64. The van der Waals surface area contributed by atoms with E-state index in [-0.39, 0.29) is 33.8 Å². The van der Waals surface area contributed by atoms with Gasteiger partial charge in [0.05, 0.1) is 16.1 Å². The number of aryl methyl sites for hydroxylation is 1. The number of halogens is 2. The summed E-state index contributed by atoms with van der Waals surface area (Å²) >= 11 is 5.97. The molecule has 1 heterocycles. The van der Waals surface area contributed by atoms with Crippen LogP contribution in [0.2, 0.25) is 5.02 Å². The van der Waals surface area contributed by atoms with Gasteiger partial charge in [-0.25, -0.2) is 4.39 Å². The molecule has 1 aromatic carbocycles. The summed E-state index contributed by atoms with van der Waals surface area (Å²) in [5.41, 5.74) is -0.170. The van der Waals surface area contributed by atoms with Gasteiger partial charge in [-0.3, -0.25) is 14.4 Å². The minimum absolute atomic E-state index is 0.0419. The first-order chi connectivity index (χ1) is 13.8. The van der Waals surface area contributed by atoms with E-state index in [4.69, 9.17) is 16.9 Å². The lowest BCUT2D eigenvalue weighted by Gasteiger charge is -2.07. The molecular weight excluding hydrogens is 401 g/mol. The van der Waals surface area contributed by atoms with E-state index in [0.717, 1.165) is 12.7 Å². The second-order valence-corrected chi connectivity index (χ2v) is 5.51. The molecule has 0 bridgehead atoms. The van der Waals surface area contributed by atoms with E-state index in [2.05, 4.69) is 10.1 Å². The fourth-order valence-electron chi connectivity index (χ4n) is 1.97. The van der Waals surface area contributed by atoms with Crippen molar-refractivity contribution in [2.24, 2.45) is 7.05 Å². The summed E-state index contributed by atoms with van der Waals surface area (Å²) < 4.78 is 19.1. The molecule has 1 N–H and O–H groups in total. The number of carbonyl (C=O) groups is 3. The van der Waals surface area contributed by atoms with Crippen LogP contribution >= 0.6 is 11.6 Å². The minimum Gasteiger partial charge on any atom is -0.385 e. The van der Waals surface area contributed by atoms with E-state index in [1.54, 1.807) is 13.2 Å². The van der Waals surface area contributed by atoms with Gasteiger partial charge >= 0.3 is 0 Å². The lowest BCUT2D eigenvalue weighted by atomic mass is 10.2. The monoisotopic (exact) mass is 423 g/mol. The van der Waals surface area contributed by atoms with Crippen LogP contribution in [-0.2, 0) is 16.6 Å². The number of aldehydes is 1. The van der Waals surface area contributed by atoms with Crippen molar-refractivity contribution in [1.82, 2.24) is 4.57 Å². The van der Waals surface area contributed by atoms with E-state index < -0.39 is 17.5 Å². The molecule has 9 heteroatoms. The largest absolute Gasteiger partial charge is 0.385 e. The van der Waals surface area contributed by atoms with Gasteiger partial charge < -0.3 is 14.6 Å². The number of ketones is 1. The summed E-state index contributed by atoms with van der Waals surface area (Å²) in [6.07, 6.45) is 1.36. The van der Waals surface area contributed by atoms with E-state index in [0.29, 0.717) is 0 Å². The molecule has 2 rings (SSSR count). The average molecular weight is 424 g/mol.